The molecule has 2 N–H and O–H groups in total. The molecule has 1 aliphatic heterocycles. The lowest BCUT2D eigenvalue weighted by molar-refractivity contribution is -0.137. The number of hydrogen-bond donors (Lipinski definition) is 2. The van der Waals surface area contributed by atoms with Gasteiger partial charge in [0.2, 0.25) is 0 Å². The van der Waals surface area contributed by atoms with Gasteiger partial charge in [-0.1, -0.05) is 23.7 Å². The minimum atomic E-state index is 0.388. The summed E-state index contributed by atoms with van der Waals surface area (Å²) in [6.45, 7) is 0.687. The molecular weight excluding hydrogens is 264 g/mol. The first-order valence-corrected chi connectivity index (χ1v) is 6.17. The minimum absolute atomic E-state index is 0.388. The van der Waals surface area contributed by atoms with Crippen LogP contribution in [0.5, 0.6) is 5.75 Å². The third-order valence-electron chi connectivity index (χ3n) is 2.97. The molecule has 2 aromatic rings. The van der Waals surface area contributed by atoms with E-state index in [0.29, 0.717) is 17.3 Å². The molecule has 0 fully saturated rings. The highest BCUT2D eigenvalue weighted by Gasteiger charge is 2.14. The van der Waals surface area contributed by atoms with E-state index in [0.717, 1.165) is 22.6 Å². The van der Waals surface area contributed by atoms with Crippen molar-refractivity contribution in [1.29, 1.82) is 0 Å². The Bertz CT molecular complexity index is 638. The van der Waals surface area contributed by atoms with Crippen molar-refractivity contribution in [3.63, 3.8) is 0 Å². The van der Waals surface area contributed by atoms with Crippen LogP contribution < -0.4 is 10.2 Å². The first-order valence-electron chi connectivity index (χ1n) is 5.80. The van der Waals surface area contributed by atoms with Crippen molar-refractivity contribution >= 4 is 23.1 Å². The normalized spacial score (nSPS) is 13.3. The molecule has 1 aliphatic rings. The van der Waals surface area contributed by atoms with Gasteiger partial charge in [0.25, 0.3) is 0 Å². The van der Waals surface area contributed by atoms with Gasteiger partial charge < -0.3 is 10.2 Å². The SMILES string of the molecule is OOc1ccc(C2=Nc3c(Cl)cccc3CN2)cc1. The van der Waals surface area contributed by atoms with Crippen LogP contribution in [0.3, 0.4) is 0 Å². The zero-order valence-electron chi connectivity index (χ0n) is 9.93. The molecule has 0 aliphatic carbocycles. The summed E-state index contributed by atoms with van der Waals surface area (Å²) in [6, 6.07) is 12.7. The van der Waals surface area contributed by atoms with E-state index in [9.17, 15) is 0 Å². The van der Waals surface area contributed by atoms with Gasteiger partial charge in [-0.15, -0.1) is 0 Å². The van der Waals surface area contributed by atoms with Crippen molar-refractivity contribution in [3.05, 3.63) is 58.6 Å². The molecule has 0 atom stereocenters. The molecule has 0 bridgehead atoms. The molecular formula is C14H11ClN2O2. The third kappa shape index (κ3) is 2.28. The van der Waals surface area contributed by atoms with Crippen LogP contribution in [0.2, 0.25) is 5.02 Å². The molecule has 0 radical (unpaired) electrons. The smallest absolute Gasteiger partial charge is 0.165 e. The van der Waals surface area contributed by atoms with Gasteiger partial charge in [-0.3, -0.25) is 0 Å². The first kappa shape index (κ1) is 12.0. The Morgan fingerprint density at radius 1 is 1.16 bits per heavy atom. The van der Waals surface area contributed by atoms with Crippen LogP contribution in [-0.4, -0.2) is 11.1 Å². The Hall–Kier alpha value is -2.04. The molecule has 0 spiro atoms. The van der Waals surface area contributed by atoms with Crippen LogP contribution in [0.25, 0.3) is 0 Å². The second-order valence-corrected chi connectivity index (χ2v) is 4.58. The van der Waals surface area contributed by atoms with Crippen molar-refractivity contribution in [3.8, 4) is 5.75 Å². The Morgan fingerprint density at radius 3 is 2.68 bits per heavy atom. The Labute approximate surface area is 115 Å². The number of halogens is 1. The van der Waals surface area contributed by atoms with Crippen LogP contribution >= 0.6 is 11.6 Å². The van der Waals surface area contributed by atoms with Crippen molar-refractivity contribution in [2.75, 3.05) is 0 Å². The van der Waals surface area contributed by atoms with E-state index in [2.05, 4.69) is 15.2 Å². The van der Waals surface area contributed by atoms with Crippen molar-refractivity contribution in [2.24, 2.45) is 4.99 Å². The maximum absolute atomic E-state index is 8.54. The highest BCUT2D eigenvalue weighted by atomic mass is 35.5. The molecule has 4 nitrogen and oxygen atoms in total. The Kier molecular flexibility index (Phi) is 3.11. The second-order valence-electron chi connectivity index (χ2n) is 4.18. The van der Waals surface area contributed by atoms with Crippen molar-refractivity contribution in [2.45, 2.75) is 6.54 Å². The first-order chi connectivity index (χ1) is 9.28. The van der Waals surface area contributed by atoms with Gasteiger partial charge in [-0.05, 0) is 35.9 Å². The fourth-order valence-electron chi connectivity index (χ4n) is 2.00. The summed E-state index contributed by atoms with van der Waals surface area (Å²) in [6.07, 6.45) is 0. The zero-order valence-corrected chi connectivity index (χ0v) is 10.7. The van der Waals surface area contributed by atoms with E-state index in [1.165, 1.54) is 0 Å². The summed E-state index contributed by atoms with van der Waals surface area (Å²) in [7, 11) is 0. The predicted molar refractivity (Wildman–Crippen MR) is 74.2 cm³/mol. The highest BCUT2D eigenvalue weighted by molar-refractivity contribution is 6.33. The molecule has 0 aromatic heterocycles. The number of benzene rings is 2. The molecule has 96 valence electrons. The topological polar surface area (TPSA) is 53.9 Å². The van der Waals surface area contributed by atoms with Gasteiger partial charge in [0.15, 0.2) is 5.75 Å². The molecule has 0 saturated heterocycles. The maximum Gasteiger partial charge on any atom is 0.165 e. The Balaban J connectivity index is 2.00. The number of rotatable bonds is 2. The molecule has 19 heavy (non-hydrogen) atoms. The van der Waals surface area contributed by atoms with Crippen LogP contribution in [-0.2, 0) is 6.54 Å². The van der Waals surface area contributed by atoms with E-state index in [-0.39, 0.29) is 0 Å². The number of amidine groups is 1. The van der Waals surface area contributed by atoms with Crippen LogP contribution in [0.15, 0.2) is 47.5 Å². The van der Waals surface area contributed by atoms with E-state index >= 15 is 0 Å². The van der Waals surface area contributed by atoms with Crippen molar-refractivity contribution < 1.29 is 10.1 Å². The quantitative estimate of drug-likeness (QED) is 0.652. The third-order valence-corrected chi connectivity index (χ3v) is 3.28. The summed E-state index contributed by atoms with van der Waals surface area (Å²) in [5, 5.41) is 12.4. The number of fused-ring (bicyclic) bond motifs is 1. The number of aliphatic imine (C=N–C) groups is 1. The zero-order chi connectivity index (χ0) is 13.2. The molecule has 1 heterocycles. The lowest BCUT2D eigenvalue weighted by Crippen LogP contribution is -2.26. The number of para-hydroxylation sites is 1. The average Bonchev–Trinajstić information content (AvgIpc) is 2.47. The summed E-state index contributed by atoms with van der Waals surface area (Å²) < 4.78 is 0. The lowest BCUT2D eigenvalue weighted by Gasteiger charge is -2.18. The molecule has 0 amide bonds. The fourth-order valence-corrected chi connectivity index (χ4v) is 2.23. The monoisotopic (exact) mass is 274 g/mol. The average molecular weight is 275 g/mol. The van der Waals surface area contributed by atoms with Gasteiger partial charge in [-0.2, -0.15) is 0 Å². The van der Waals surface area contributed by atoms with E-state index < -0.39 is 0 Å². The van der Waals surface area contributed by atoms with Crippen LogP contribution in [0, 0.1) is 0 Å². The van der Waals surface area contributed by atoms with E-state index in [4.69, 9.17) is 16.9 Å². The maximum atomic E-state index is 8.54. The van der Waals surface area contributed by atoms with E-state index in [1.54, 1.807) is 12.1 Å². The molecule has 2 aromatic carbocycles. The van der Waals surface area contributed by atoms with Gasteiger partial charge in [0.05, 0.1) is 10.7 Å². The van der Waals surface area contributed by atoms with Gasteiger partial charge in [-0.25, -0.2) is 10.2 Å². The number of hydrogen-bond acceptors (Lipinski definition) is 4. The largest absolute Gasteiger partial charge is 0.365 e. The Morgan fingerprint density at radius 2 is 1.95 bits per heavy atom. The summed E-state index contributed by atoms with van der Waals surface area (Å²) in [5.41, 5.74) is 2.79. The van der Waals surface area contributed by atoms with Crippen molar-refractivity contribution in [1.82, 2.24) is 5.32 Å². The predicted octanol–water partition coefficient (Wildman–Crippen LogP) is 3.37. The van der Waals surface area contributed by atoms with Gasteiger partial charge >= 0.3 is 0 Å². The summed E-state index contributed by atoms with van der Waals surface area (Å²) in [4.78, 5) is 8.69. The molecule has 3 rings (SSSR count). The summed E-state index contributed by atoms with van der Waals surface area (Å²) >= 11 is 6.15. The fraction of sp³-hybridized carbons (Fsp3) is 0.0714. The molecule has 0 unspecified atom stereocenters. The van der Waals surface area contributed by atoms with E-state index in [1.807, 2.05) is 30.3 Å². The van der Waals surface area contributed by atoms with Crippen LogP contribution in [0.4, 0.5) is 5.69 Å². The molecule has 5 heteroatoms. The standard InChI is InChI=1S/C14H11ClN2O2/c15-12-3-1-2-10-8-16-14(17-13(10)12)9-4-6-11(19-18)7-5-9/h1-7,18H,8H2,(H,16,17). The van der Waals surface area contributed by atoms with Gasteiger partial charge in [0.1, 0.15) is 5.84 Å². The number of nitrogens with one attached hydrogen (secondary N) is 1. The highest BCUT2D eigenvalue weighted by Crippen LogP contribution is 2.31. The van der Waals surface area contributed by atoms with Crippen LogP contribution in [0.1, 0.15) is 11.1 Å². The summed E-state index contributed by atoms with van der Waals surface area (Å²) in [5.74, 6) is 1.14. The lowest BCUT2D eigenvalue weighted by atomic mass is 10.1. The number of nitrogens with zero attached hydrogens (tertiary/aromatic N) is 1. The van der Waals surface area contributed by atoms with Gasteiger partial charge in [0, 0.05) is 12.1 Å². The second kappa shape index (κ2) is 4.91. The minimum Gasteiger partial charge on any atom is -0.365 e. The molecule has 0 saturated carbocycles.